The summed E-state index contributed by atoms with van der Waals surface area (Å²) < 4.78 is 2.18. The van der Waals surface area contributed by atoms with Crippen LogP contribution in [0.5, 0.6) is 0 Å². The van der Waals surface area contributed by atoms with Gasteiger partial charge < -0.3 is 0 Å². The summed E-state index contributed by atoms with van der Waals surface area (Å²) in [5.41, 5.74) is 4.58. The highest BCUT2D eigenvalue weighted by Gasteiger charge is 2.16. The summed E-state index contributed by atoms with van der Waals surface area (Å²) in [6.45, 7) is 6.61. The number of pyridine rings is 2. The summed E-state index contributed by atoms with van der Waals surface area (Å²) in [6.07, 6.45) is 3.82. The average molecular weight is 301 g/mol. The van der Waals surface area contributed by atoms with Crippen molar-refractivity contribution in [3.8, 4) is 5.82 Å². The minimum atomic E-state index is 0.105. The van der Waals surface area contributed by atoms with Gasteiger partial charge in [0.25, 0.3) is 0 Å². The molecule has 0 unspecified atom stereocenters. The zero-order valence-corrected chi connectivity index (χ0v) is 13.6. The van der Waals surface area contributed by atoms with Crippen LogP contribution in [0.25, 0.3) is 27.8 Å². The van der Waals surface area contributed by atoms with Crippen LogP contribution in [0.3, 0.4) is 0 Å². The zero-order valence-electron chi connectivity index (χ0n) is 13.6. The molecule has 4 rings (SSSR count). The van der Waals surface area contributed by atoms with Gasteiger partial charge >= 0.3 is 0 Å². The minimum absolute atomic E-state index is 0.105. The Morgan fingerprint density at radius 3 is 2.35 bits per heavy atom. The summed E-state index contributed by atoms with van der Waals surface area (Å²) in [4.78, 5) is 9.29. The third kappa shape index (κ3) is 2.20. The van der Waals surface area contributed by atoms with Crippen LogP contribution in [-0.2, 0) is 5.41 Å². The van der Waals surface area contributed by atoms with Gasteiger partial charge in [0.15, 0.2) is 0 Å². The smallest absolute Gasteiger partial charge is 0.137 e. The highest BCUT2D eigenvalue weighted by Crippen LogP contribution is 2.30. The highest BCUT2D eigenvalue weighted by molar-refractivity contribution is 6.06. The van der Waals surface area contributed by atoms with Crippen molar-refractivity contribution < 1.29 is 0 Å². The van der Waals surface area contributed by atoms with Gasteiger partial charge in [-0.3, -0.25) is 9.55 Å². The maximum atomic E-state index is 4.72. The summed E-state index contributed by atoms with van der Waals surface area (Å²) in [7, 11) is 0. The molecule has 4 aromatic rings. The molecule has 3 heterocycles. The number of nitrogens with zero attached hydrogens (tertiary/aromatic N) is 3. The van der Waals surface area contributed by atoms with Crippen molar-refractivity contribution in [3.05, 3.63) is 66.5 Å². The van der Waals surface area contributed by atoms with E-state index in [0.29, 0.717) is 0 Å². The number of fused-ring (bicyclic) bond motifs is 3. The molecule has 0 aliphatic rings. The lowest BCUT2D eigenvalue weighted by atomic mass is 9.88. The SMILES string of the molecule is CC(C)(C)c1ccc(-n2c3ccccc3c3ncccc32)nc1. The zero-order chi connectivity index (χ0) is 16.0. The van der Waals surface area contributed by atoms with Crippen molar-refractivity contribution in [3.63, 3.8) is 0 Å². The number of hydrogen-bond donors (Lipinski definition) is 0. The number of hydrogen-bond acceptors (Lipinski definition) is 2. The average Bonchev–Trinajstić information content (AvgIpc) is 2.89. The van der Waals surface area contributed by atoms with Crippen LogP contribution in [0.15, 0.2) is 60.9 Å². The van der Waals surface area contributed by atoms with Gasteiger partial charge in [-0.1, -0.05) is 45.0 Å². The predicted octanol–water partition coefficient (Wildman–Crippen LogP) is 4.87. The highest BCUT2D eigenvalue weighted by atomic mass is 15.1. The molecule has 3 nitrogen and oxygen atoms in total. The van der Waals surface area contributed by atoms with Gasteiger partial charge in [0, 0.05) is 17.8 Å². The van der Waals surface area contributed by atoms with Gasteiger partial charge in [0.05, 0.1) is 16.6 Å². The third-order valence-corrected chi connectivity index (χ3v) is 4.27. The van der Waals surface area contributed by atoms with Crippen molar-refractivity contribution >= 4 is 21.9 Å². The van der Waals surface area contributed by atoms with E-state index in [0.717, 1.165) is 27.8 Å². The van der Waals surface area contributed by atoms with E-state index >= 15 is 0 Å². The molecule has 3 aromatic heterocycles. The van der Waals surface area contributed by atoms with E-state index in [9.17, 15) is 0 Å². The fraction of sp³-hybridized carbons (Fsp3) is 0.200. The first-order valence-corrected chi connectivity index (χ1v) is 7.87. The topological polar surface area (TPSA) is 30.7 Å². The second-order valence-corrected chi connectivity index (χ2v) is 6.88. The Labute approximate surface area is 135 Å². The lowest BCUT2D eigenvalue weighted by Gasteiger charge is -2.18. The molecule has 1 aromatic carbocycles. The van der Waals surface area contributed by atoms with Gasteiger partial charge in [-0.2, -0.15) is 0 Å². The Kier molecular flexibility index (Phi) is 2.98. The number of rotatable bonds is 1. The molecule has 0 aliphatic heterocycles. The molecule has 0 spiro atoms. The van der Waals surface area contributed by atoms with Crippen LogP contribution in [0.2, 0.25) is 0 Å². The summed E-state index contributed by atoms with van der Waals surface area (Å²) in [5.74, 6) is 0.928. The maximum Gasteiger partial charge on any atom is 0.137 e. The molecule has 0 fully saturated rings. The van der Waals surface area contributed by atoms with Crippen LogP contribution in [0.1, 0.15) is 26.3 Å². The molecule has 3 heteroatoms. The molecule has 0 saturated carbocycles. The molecule has 0 atom stereocenters. The van der Waals surface area contributed by atoms with E-state index in [1.165, 1.54) is 5.56 Å². The lowest BCUT2D eigenvalue weighted by molar-refractivity contribution is 0.587. The first-order valence-electron chi connectivity index (χ1n) is 7.87. The van der Waals surface area contributed by atoms with E-state index in [-0.39, 0.29) is 5.41 Å². The van der Waals surface area contributed by atoms with E-state index in [1.807, 2.05) is 18.5 Å². The van der Waals surface area contributed by atoms with Gasteiger partial charge in [-0.05, 0) is 35.2 Å². The number of benzene rings is 1. The molecule has 0 bridgehead atoms. The minimum Gasteiger partial charge on any atom is -0.292 e. The molecular formula is C20H19N3. The Hall–Kier alpha value is -2.68. The van der Waals surface area contributed by atoms with E-state index in [2.05, 4.69) is 72.8 Å². The van der Waals surface area contributed by atoms with Crippen LogP contribution < -0.4 is 0 Å². The summed E-state index contributed by atoms with van der Waals surface area (Å²) in [5, 5.41) is 1.16. The molecule has 0 saturated heterocycles. The molecular weight excluding hydrogens is 282 g/mol. The fourth-order valence-corrected chi connectivity index (χ4v) is 2.99. The van der Waals surface area contributed by atoms with Crippen molar-refractivity contribution in [2.24, 2.45) is 0 Å². The van der Waals surface area contributed by atoms with Gasteiger partial charge in [0.2, 0.25) is 0 Å². The predicted molar refractivity (Wildman–Crippen MR) is 95.1 cm³/mol. The lowest BCUT2D eigenvalue weighted by Crippen LogP contribution is -2.11. The Morgan fingerprint density at radius 2 is 1.61 bits per heavy atom. The summed E-state index contributed by atoms with van der Waals surface area (Å²) >= 11 is 0. The fourth-order valence-electron chi connectivity index (χ4n) is 2.99. The molecule has 0 N–H and O–H groups in total. The number of para-hydroxylation sites is 1. The molecule has 114 valence electrons. The largest absolute Gasteiger partial charge is 0.292 e. The normalized spacial score (nSPS) is 12.1. The molecule has 0 radical (unpaired) electrons. The Morgan fingerprint density at radius 1 is 0.826 bits per heavy atom. The van der Waals surface area contributed by atoms with Crippen molar-refractivity contribution in [2.45, 2.75) is 26.2 Å². The molecule has 0 aliphatic carbocycles. The molecule has 0 amide bonds. The molecule has 23 heavy (non-hydrogen) atoms. The first kappa shape index (κ1) is 13.9. The Bertz CT molecular complexity index is 936. The first-order chi connectivity index (χ1) is 11.1. The van der Waals surface area contributed by atoms with E-state index in [4.69, 9.17) is 4.98 Å². The van der Waals surface area contributed by atoms with Crippen LogP contribution in [-0.4, -0.2) is 14.5 Å². The van der Waals surface area contributed by atoms with Crippen molar-refractivity contribution in [1.29, 1.82) is 0 Å². The standard InChI is InChI=1S/C20H19N3/c1-20(2,3)14-10-11-18(22-13-14)23-16-8-5-4-7-15(16)19-17(23)9-6-12-21-19/h4-13H,1-3H3. The van der Waals surface area contributed by atoms with E-state index in [1.54, 1.807) is 0 Å². The maximum absolute atomic E-state index is 4.72. The summed E-state index contributed by atoms with van der Waals surface area (Å²) in [6, 6.07) is 16.7. The van der Waals surface area contributed by atoms with Gasteiger partial charge in [0.1, 0.15) is 5.82 Å². The van der Waals surface area contributed by atoms with Crippen LogP contribution in [0, 0.1) is 0 Å². The van der Waals surface area contributed by atoms with Crippen LogP contribution >= 0.6 is 0 Å². The van der Waals surface area contributed by atoms with Crippen molar-refractivity contribution in [1.82, 2.24) is 14.5 Å². The third-order valence-electron chi connectivity index (χ3n) is 4.27. The monoisotopic (exact) mass is 301 g/mol. The van der Waals surface area contributed by atoms with Crippen LogP contribution in [0.4, 0.5) is 0 Å². The van der Waals surface area contributed by atoms with Gasteiger partial charge in [-0.25, -0.2) is 4.98 Å². The Balaban J connectivity index is 2.01. The van der Waals surface area contributed by atoms with Crippen molar-refractivity contribution in [2.75, 3.05) is 0 Å². The van der Waals surface area contributed by atoms with E-state index < -0.39 is 0 Å². The second kappa shape index (κ2) is 4.92. The van der Waals surface area contributed by atoms with Gasteiger partial charge in [-0.15, -0.1) is 0 Å². The quantitative estimate of drug-likeness (QED) is 0.502. The second-order valence-electron chi connectivity index (χ2n) is 6.88. The number of aromatic nitrogens is 3.